The second-order valence-electron chi connectivity index (χ2n) is 16.3. The molecule has 6 rings (SSSR count). The maximum absolute atomic E-state index is 14.1. The Kier molecular flexibility index (Phi) is 7.31. The quantitative estimate of drug-likeness (QED) is 0.138. The number of esters is 1. The number of allylic oxidation sites excluding steroid dienone is 2. The van der Waals surface area contributed by atoms with Crippen LogP contribution in [0.5, 0.6) is 0 Å². The van der Waals surface area contributed by atoms with Crippen molar-refractivity contribution in [2.45, 2.75) is 99.3 Å². The number of ether oxygens (including phenoxy) is 1. The molecular formula is C38H51IO3. The average Bonchev–Trinajstić information content (AvgIpc) is 3.33. The molecule has 3 nitrogen and oxygen atoms in total. The van der Waals surface area contributed by atoms with Gasteiger partial charge < -0.3 is 4.74 Å². The molecule has 0 aromatic heterocycles. The lowest BCUT2D eigenvalue weighted by molar-refractivity contribution is -0.232. The lowest BCUT2D eigenvalue weighted by Gasteiger charge is -2.72. The summed E-state index contributed by atoms with van der Waals surface area (Å²) in [5.74, 6) is 2.53. The van der Waals surface area contributed by atoms with Gasteiger partial charge in [0, 0.05) is 8.99 Å². The molecule has 0 bridgehead atoms. The largest absolute Gasteiger partial charge is 0.469 e. The molecule has 5 aliphatic rings. The Morgan fingerprint density at radius 3 is 2.38 bits per heavy atom. The van der Waals surface area contributed by atoms with E-state index in [0.717, 1.165) is 56.1 Å². The minimum absolute atomic E-state index is 0.0270. The van der Waals surface area contributed by atoms with Crippen molar-refractivity contribution < 1.29 is 14.3 Å². The number of halogens is 1. The molecule has 1 aromatic rings. The normalized spacial score (nSPS) is 44.9. The topological polar surface area (TPSA) is 43.4 Å². The zero-order valence-corrected chi connectivity index (χ0v) is 29.1. The standard InChI is InChI=1S/C38H51IO3/c1-23(2)27-14-17-38(33(41)42-8)19-18-36(6)28(31(27)38)12-13-30-35(5)22-25(20-24-10-9-11-26(39)21-24)32(40)34(3,4)29(35)15-16-37(30,36)7/h9-11,20-21,27-31H,1,12-19,22H2,2-8H3/b25-20+/t27-,28+,29-,30+,31-,35-,36+,37+,38-/m0/s1. The maximum Gasteiger partial charge on any atom is 0.312 e. The van der Waals surface area contributed by atoms with Crippen molar-refractivity contribution in [3.63, 3.8) is 0 Å². The first-order valence-electron chi connectivity index (χ1n) is 16.4. The van der Waals surface area contributed by atoms with Crippen LogP contribution in [0.1, 0.15) is 105 Å². The van der Waals surface area contributed by atoms with Gasteiger partial charge in [-0.25, -0.2) is 0 Å². The van der Waals surface area contributed by atoms with E-state index in [9.17, 15) is 9.59 Å². The highest BCUT2D eigenvalue weighted by Crippen LogP contribution is 2.77. The third-order valence-corrected chi connectivity index (χ3v) is 15.1. The summed E-state index contributed by atoms with van der Waals surface area (Å²) in [4.78, 5) is 27.6. The zero-order chi connectivity index (χ0) is 30.5. The summed E-state index contributed by atoms with van der Waals surface area (Å²) in [6.07, 6.45) is 11.7. The Morgan fingerprint density at radius 1 is 0.976 bits per heavy atom. The molecule has 0 heterocycles. The average molecular weight is 683 g/mol. The number of ketones is 1. The molecule has 0 aliphatic heterocycles. The van der Waals surface area contributed by atoms with Crippen molar-refractivity contribution in [3.8, 4) is 0 Å². The SMILES string of the molecule is C=C(C)[C@@H]1CC[C@]2(C(=O)OC)CC[C@]3(C)[C@H](CC[C@@H]4[C@@]5(C)C/C(=C\c6cccc(I)c6)C(=O)C(C)(C)[C@@H]5CC[C@]43C)[C@H]12. The fourth-order valence-electron chi connectivity index (χ4n) is 12.5. The summed E-state index contributed by atoms with van der Waals surface area (Å²) >= 11 is 2.36. The predicted molar refractivity (Wildman–Crippen MR) is 179 cm³/mol. The third kappa shape index (κ3) is 4.01. The number of hydrogen-bond donors (Lipinski definition) is 0. The maximum atomic E-state index is 14.1. The molecule has 0 amide bonds. The molecule has 42 heavy (non-hydrogen) atoms. The van der Waals surface area contributed by atoms with E-state index in [4.69, 9.17) is 4.74 Å². The number of hydrogen-bond acceptors (Lipinski definition) is 3. The predicted octanol–water partition coefficient (Wildman–Crippen LogP) is 9.68. The van der Waals surface area contributed by atoms with Crippen molar-refractivity contribution in [3.05, 3.63) is 51.1 Å². The number of methoxy groups -OCH3 is 1. The first kappa shape index (κ1) is 30.6. The van der Waals surface area contributed by atoms with Gasteiger partial charge in [0.2, 0.25) is 0 Å². The summed E-state index contributed by atoms with van der Waals surface area (Å²) in [6.45, 7) is 18.9. The fraction of sp³-hybridized carbons (Fsp3) is 0.684. The molecule has 9 atom stereocenters. The lowest BCUT2D eigenvalue weighted by atomic mass is 9.32. The van der Waals surface area contributed by atoms with Crippen LogP contribution in [0.2, 0.25) is 0 Å². The van der Waals surface area contributed by atoms with Crippen LogP contribution >= 0.6 is 22.6 Å². The van der Waals surface area contributed by atoms with Crippen LogP contribution in [0.3, 0.4) is 0 Å². The van der Waals surface area contributed by atoms with Gasteiger partial charge in [-0.15, -0.1) is 0 Å². The first-order chi connectivity index (χ1) is 19.7. The van der Waals surface area contributed by atoms with Crippen molar-refractivity contribution in [2.75, 3.05) is 7.11 Å². The van der Waals surface area contributed by atoms with E-state index >= 15 is 0 Å². The van der Waals surface area contributed by atoms with E-state index in [0.29, 0.717) is 35.4 Å². The van der Waals surface area contributed by atoms with Gasteiger partial charge in [-0.3, -0.25) is 9.59 Å². The lowest BCUT2D eigenvalue weighted by Crippen LogP contribution is -2.67. The summed E-state index contributed by atoms with van der Waals surface area (Å²) in [6, 6.07) is 8.53. The number of rotatable bonds is 3. The number of carbonyl (C=O) groups is 2. The molecular weight excluding hydrogens is 631 g/mol. The van der Waals surface area contributed by atoms with Crippen molar-refractivity contribution in [1.82, 2.24) is 0 Å². The van der Waals surface area contributed by atoms with E-state index in [1.54, 1.807) is 7.11 Å². The van der Waals surface area contributed by atoms with Crippen LogP contribution in [0.25, 0.3) is 6.08 Å². The second kappa shape index (κ2) is 10.0. The van der Waals surface area contributed by atoms with Crippen LogP contribution in [0.4, 0.5) is 0 Å². The van der Waals surface area contributed by atoms with E-state index in [2.05, 4.69) is 101 Å². The summed E-state index contributed by atoms with van der Waals surface area (Å²) in [5.41, 5.74) is 3.05. The van der Waals surface area contributed by atoms with Gasteiger partial charge in [-0.05, 0) is 162 Å². The van der Waals surface area contributed by atoms with Crippen LogP contribution < -0.4 is 0 Å². The van der Waals surface area contributed by atoms with Crippen molar-refractivity contribution in [1.29, 1.82) is 0 Å². The monoisotopic (exact) mass is 682 g/mol. The van der Waals surface area contributed by atoms with E-state index in [-0.39, 0.29) is 33.0 Å². The Morgan fingerprint density at radius 2 is 1.71 bits per heavy atom. The molecule has 0 radical (unpaired) electrons. The number of benzene rings is 1. The molecule has 228 valence electrons. The highest BCUT2D eigenvalue weighted by molar-refractivity contribution is 14.1. The summed E-state index contributed by atoms with van der Waals surface area (Å²) in [7, 11) is 1.59. The first-order valence-corrected chi connectivity index (χ1v) is 17.5. The molecule has 0 spiro atoms. The number of carbonyl (C=O) groups excluding carboxylic acids is 2. The van der Waals surface area contributed by atoms with Gasteiger partial charge in [0.05, 0.1) is 12.5 Å². The van der Waals surface area contributed by atoms with E-state index in [1.165, 1.54) is 22.0 Å². The fourth-order valence-corrected chi connectivity index (χ4v) is 13.0. The Bertz CT molecular complexity index is 1360. The molecule has 5 saturated carbocycles. The highest BCUT2D eigenvalue weighted by atomic mass is 127. The van der Waals surface area contributed by atoms with Crippen LogP contribution in [0, 0.1) is 60.2 Å². The van der Waals surface area contributed by atoms with Gasteiger partial charge in [-0.2, -0.15) is 0 Å². The molecule has 0 saturated heterocycles. The smallest absolute Gasteiger partial charge is 0.312 e. The van der Waals surface area contributed by atoms with Gasteiger partial charge in [0.1, 0.15) is 0 Å². The van der Waals surface area contributed by atoms with Crippen LogP contribution in [-0.2, 0) is 14.3 Å². The minimum Gasteiger partial charge on any atom is -0.469 e. The summed E-state index contributed by atoms with van der Waals surface area (Å²) in [5, 5.41) is 0. The summed E-state index contributed by atoms with van der Waals surface area (Å²) < 4.78 is 6.75. The van der Waals surface area contributed by atoms with E-state index in [1.807, 2.05) is 0 Å². The Balaban J connectivity index is 1.42. The molecule has 4 heteroatoms. The van der Waals surface area contributed by atoms with Gasteiger partial charge in [0.15, 0.2) is 5.78 Å². The van der Waals surface area contributed by atoms with Crippen molar-refractivity contribution >= 4 is 40.4 Å². The van der Waals surface area contributed by atoms with E-state index < -0.39 is 0 Å². The molecule has 0 N–H and O–H groups in total. The molecule has 0 unspecified atom stereocenters. The Hall–Kier alpha value is -1.43. The minimum atomic E-state index is -0.372. The Labute approximate surface area is 267 Å². The second-order valence-corrected chi connectivity index (χ2v) is 17.5. The van der Waals surface area contributed by atoms with Crippen LogP contribution in [0.15, 0.2) is 42.0 Å². The number of fused-ring (bicyclic) bond motifs is 7. The highest BCUT2D eigenvalue weighted by Gasteiger charge is 2.72. The zero-order valence-electron chi connectivity index (χ0n) is 26.9. The number of Topliss-reactive ketones (excluding diaryl/α,β-unsaturated/α-hetero) is 1. The molecule has 5 fully saturated rings. The third-order valence-electron chi connectivity index (χ3n) is 14.4. The molecule has 1 aromatic carbocycles. The van der Waals surface area contributed by atoms with Crippen molar-refractivity contribution in [2.24, 2.45) is 56.7 Å². The van der Waals surface area contributed by atoms with Gasteiger partial charge >= 0.3 is 5.97 Å². The molecule has 5 aliphatic carbocycles. The van der Waals surface area contributed by atoms with Crippen LogP contribution in [-0.4, -0.2) is 18.9 Å². The van der Waals surface area contributed by atoms with Gasteiger partial charge in [0.25, 0.3) is 0 Å². The van der Waals surface area contributed by atoms with Gasteiger partial charge in [-0.1, -0.05) is 58.9 Å².